The van der Waals surface area contributed by atoms with Crippen molar-refractivity contribution in [2.45, 2.75) is 11.3 Å². The van der Waals surface area contributed by atoms with E-state index < -0.39 is 10.0 Å². The Labute approximate surface area is 141 Å². The first-order valence-corrected chi connectivity index (χ1v) is 9.05. The molecule has 0 atom stereocenters. The molecule has 6 nitrogen and oxygen atoms in total. The fraction of sp³-hybridized carbons (Fsp3) is 0.235. The van der Waals surface area contributed by atoms with Crippen molar-refractivity contribution in [2.75, 3.05) is 19.7 Å². The van der Waals surface area contributed by atoms with Gasteiger partial charge in [-0.1, -0.05) is 36.4 Å². The van der Waals surface area contributed by atoms with Crippen LogP contribution < -0.4 is 14.8 Å². The summed E-state index contributed by atoms with van der Waals surface area (Å²) in [6.45, 7) is 0.615. The second-order valence-corrected chi connectivity index (χ2v) is 6.74. The Hall–Kier alpha value is -2.38. The number of ether oxygens (including phenoxy) is 1. The summed E-state index contributed by atoms with van der Waals surface area (Å²) < 4.78 is 31.8. The van der Waals surface area contributed by atoms with Crippen LogP contribution in [-0.4, -0.2) is 34.0 Å². The van der Waals surface area contributed by atoms with Crippen LogP contribution in [-0.2, 0) is 14.8 Å². The van der Waals surface area contributed by atoms with E-state index in [0.717, 1.165) is 0 Å². The standard InChI is InChI=1S/C17H20N2O4S/c20-17(11-14-23-15-7-3-1-4-8-15)18-12-13-19-24(21,22)16-9-5-2-6-10-16/h1-10,19H,11-14H2,(H,18,20). The van der Waals surface area contributed by atoms with Crippen LogP contribution in [0.25, 0.3) is 0 Å². The molecule has 0 aliphatic heterocycles. The van der Waals surface area contributed by atoms with Gasteiger partial charge in [0.05, 0.1) is 17.9 Å². The Balaban J connectivity index is 1.62. The number of para-hydroxylation sites is 1. The predicted molar refractivity (Wildman–Crippen MR) is 91.2 cm³/mol. The van der Waals surface area contributed by atoms with Crippen LogP contribution in [0, 0.1) is 0 Å². The van der Waals surface area contributed by atoms with Crippen molar-refractivity contribution in [1.29, 1.82) is 0 Å². The van der Waals surface area contributed by atoms with Crippen molar-refractivity contribution in [3.05, 3.63) is 60.7 Å². The van der Waals surface area contributed by atoms with E-state index in [1.165, 1.54) is 12.1 Å². The first kappa shape index (κ1) is 18.0. The molecule has 24 heavy (non-hydrogen) atoms. The lowest BCUT2D eigenvalue weighted by Gasteiger charge is -2.09. The number of nitrogens with one attached hydrogen (secondary N) is 2. The summed E-state index contributed by atoms with van der Waals surface area (Å²) in [6.07, 6.45) is 0.209. The molecule has 0 aromatic heterocycles. The molecule has 2 aromatic rings. The molecule has 0 radical (unpaired) electrons. The number of rotatable bonds is 9. The lowest BCUT2D eigenvalue weighted by atomic mass is 10.3. The second-order valence-electron chi connectivity index (χ2n) is 4.97. The van der Waals surface area contributed by atoms with Crippen molar-refractivity contribution in [2.24, 2.45) is 0 Å². The summed E-state index contributed by atoms with van der Waals surface area (Å²) in [5, 5.41) is 2.65. The molecule has 0 saturated carbocycles. The van der Waals surface area contributed by atoms with Gasteiger partial charge in [0.25, 0.3) is 0 Å². The van der Waals surface area contributed by atoms with Crippen LogP contribution in [0.15, 0.2) is 65.6 Å². The largest absolute Gasteiger partial charge is 0.493 e. The van der Waals surface area contributed by atoms with Crippen molar-refractivity contribution < 1.29 is 17.9 Å². The molecule has 0 saturated heterocycles. The van der Waals surface area contributed by atoms with E-state index in [1.807, 2.05) is 30.3 Å². The van der Waals surface area contributed by atoms with E-state index >= 15 is 0 Å². The molecule has 128 valence electrons. The van der Waals surface area contributed by atoms with Crippen molar-refractivity contribution in [1.82, 2.24) is 10.0 Å². The van der Waals surface area contributed by atoms with Gasteiger partial charge in [-0.3, -0.25) is 4.79 Å². The monoisotopic (exact) mass is 348 g/mol. The van der Waals surface area contributed by atoms with Crippen molar-refractivity contribution >= 4 is 15.9 Å². The Morgan fingerprint density at radius 3 is 2.21 bits per heavy atom. The summed E-state index contributed by atoms with van der Waals surface area (Å²) in [5.41, 5.74) is 0. The van der Waals surface area contributed by atoms with Gasteiger partial charge in [0.2, 0.25) is 15.9 Å². The highest BCUT2D eigenvalue weighted by Crippen LogP contribution is 2.08. The number of amides is 1. The maximum absolute atomic E-state index is 12.0. The predicted octanol–water partition coefficient (Wildman–Crippen LogP) is 1.55. The summed E-state index contributed by atoms with van der Waals surface area (Å²) >= 11 is 0. The molecular weight excluding hydrogens is 328 g/mol. The van der Waals surface area contributed by atoms with E-state index in [9.17, 15) is 13.2 Å². The van der Waals surface area contributed by atoms with Gasteiger partial charge >= 0.3 is 0 Å². The van der Waals surface area contributed by atoms with Gasteiger partial charge < -0.3 is 10.1 Å². The van der Waals surface area contributed by atoms with Crippen LogP contribution in [0.2, 0.25) is 0 Å². The summed E-state index contributed by atoms with van der Waals surface area (Å²) in [4.78, 5) is 11.9. The third kappa shape index (κ3) is 6.02. The minimum absolute atomic E-state index is 0.127. The molecule has 0 aliphatic carbocycles. The zero-order valence-electron chi connectivity index (χ0n) is 13.1. The normalized spacial score (nSPS) is 11.0. The van der Waals surface area contributed by atoms with Gasteiger partial charge in [0, 0.05) is 13.1 Å². The number of carbonyl (C=O) groups excluding carboxylic acids is 1. The number of carbonyl (C=O) groups is 1. The van der Waals surface area contributed by atoms with E-state index in [2.05, 4.69) is 10.0 Å². The Morgan fingerprint density at radius 2 is 1.54 bits per heavy atom. The first-order valence-electron chi connectivity index (χ1n) is 7.57. The summed E-state index contributed by atoms with van der Waals surface area (Å²) in [5.74, 6) is 0.519. The van der Waals surface area contributed by atoms with Crippen molar-refractivity contribution in [3.63, 3.8) is 0 Å². The van der Waals surface area contributed by atoms with E-state index in [-0.39, 0.29) is 36.9 Å². The van der Waals surface area contributed by atoms with E-state index in [4.69, 9.17) is 4.74 Å². The molecule has 0 bridgehead atoms. The minimum Gasteiger partial charge on any atom is -0.493 e. The lowest BCUT2D eigenvalue weighted by molar-refractivity contribution is -0.121. The topological polar surface area (TPSA) is 84.5 Å². The maximum Gasteiger partial charge on any atom is 0.240 e. The Bertz CT molecular complexity index is 734. The quantitative estimate of drug-likeness (QED) is 0.674. The molecule has 0 spiro atoms. The van der Waals surface area contributed by atoms with Gasteiger partial charge in [-0.05, 0) is 24.3 Å². The molecule has 0 unspecified atom stereocenters. The number of hydrogen-bond acceptors (Lipinski definition) is 4. The zero-order valence-corrected chi connectivity index (χ0v) is 14.0. The second kappa shape index (κ2) is 9.05. The van der Waals surface area contributed by atoms with Crippen LogP contribution in [0.5, 0.6) is 5.75 Å². The molecule has 2 rings (SSSR count). The molecule has 0 heterocycles. The number of hydrogen-bond donors (Lipinski definition) is 2. The molecular formula is C17H20N2O4S. The SMILES string of the molecule is O=C(CCOc1ccccc1)NCCNS(=O)(=O)c1ccccc1. The molecule has 1 amide bonds. The Kier molecular flexibility index (Phi) is 6.77. The molecule has 0 fully saturated rings. The fourth-order valence-electron chi connectivity index (χ4n) is 1.94. The highest BCUT2D eigenvalue weighted by molar-refractivity contribution is 7.89. The smallest absolute Gasteiger partial charge is 0.240 e. The third-order valence-electron chi connectivity index (χ3n) is 3.13. The number of sulfonamides is 1. The zero-order chi connectivity index (χ0) is 17.3. The fourth-order valence-corrected chi connectivity index (χ4v) is 2.99. The van der Waals surface area contributed by atoms with Gasteiger partial charge in [-0.25, -0.2) is 13.1 Å². The van der Waals surface area contributed by atoms with Gasteiger partial charge in [-0.15, -0.1) is 0 Å². The molecule has 2 N–H and O–H groups in total. The maximum atomic E-state index is 12.0. The van der Waals surface area contributed by atoms with Crippen molar-refractivity contribution in [3.8, 4) is 5.75 Å². The third-order valence-corrected chi connectivity index (χ3v) is 4.61. The van der Waals surface area contributed by atoms with Crippen LogP contribution in [0.1, 0.15) is 6.42 Å². The first-order chi connectivity index (χ1) is 11.6. The highest BCUT2D eigenvalue weighted by Gasteiger charge is 2.12. The minimum atomic E-state index is -3.54. The average molecular weight is 348 g/mol. The van der Waals surface area contributed by atoms with Gasteiger partial charge in [0.1, 0.15) is 5.75 Å². The van der Waals surface area contributed by atoms with Crippen LogP contribution in [0.3, 0.4) is 0 Å². The Morgan fingerprint density at radius 1 is 0.917 bits per heavy atom. The van der Waals surface area contributed by atoms with Gasteiger partial charge in [-0.2, -0.15) is 0 Å². The van der Waals surface area contributed by atoms with E-state index in [0.29, 0.717) is 5.75 Å². The summed E-state index contributed by atoms with van der Waals surface area (Å²) in [7, 11) is -3.54. The van der Waals surface area contributed by atoms with Gasteiger partial charge in [0.15, 0.2) is 0 Å². The summed E-state index contributed by atoms with van der Waals surface area (Å²) in [6, 6.07) is 17.3. The number of benzene rings is 2. The molecule has 0 aliphatic rings. The average Bonchev–Trinajstić information content (AvgIpc) is 2.60. The molecule has 7 heteroatoms. The lowest BCUT2D eigenvalue weighted by Crippen LogP contribution is -2.35. The highest BCUT2D eigenvalue weighted by atomic mass is 32.2. The van der Waals surface area contributed by atoms with E-state index in [1.54, 1.807) is 18.2 Å². The van der Waals surface area contributed by atoms with Crippen LogP contribution >= 0.6 is 0 Å². The van der Waals surface area contributed by atoms with Crippen LogP contribution in [0.4, 0.5) is 0 Å². The molecule has 2 aromatic carbocycles.